The molecule has 0 N–H and O–H groups in total. The zero-order valence-electron chi connectivity index (χ0n) is 11.8. The number of benzene rings is 1. The summed E-state index contributed by atoms with van der Waals surface area (Å²) >= 11 is 0. The van der Waals surface area contributed by atoms with Gasteiger partial charge in [-0.1, -0.05) is 40.2 Å². The van der Waals surface area contributed by atoms with Gasteiger partial charge in [0.15, 0.2) is 11.6 Å². The summed E-state index contributed by atoms with van der Waals surface area (Å²) in [4.78, 5) is 0. The van der Waals surface area contributed by atoms with E-state index in [2.05, 4.69) is 18.6 Å². The van der Waals surface area contributed by atoms with Gasteiger partial charge in [-0.3, -0.25) is 0 Å². The van der Waals surface area contributed by atoms with Crippen LogP contribution >= 0.6 is 0 Å². The van der Waals surface area contributed by atoms with Gasteiger partial charge >= 0.3 is 0 Å². The van der Waals surface area contributed by atoms with Crippen molar-refractivity contribution in [3.8, 4) is 5.75 Å². The van der Waals surface area contributed by atoms with Gasteiger partial charge in [-0.15, -0.1) is 0 Å². The SMILES string of the molecule is CC.CCC.Cc1ccc(OCC(F)F)c(F)c1. The molecule has 4 heteroatoms. The molecule has 0 aliphatic rings. The molecule has 0 saturated carbocycles. The van der Waals surface area contributed by atoms with Crippen LogP contribution in [-0.4, -0.2) is 13.0 Å². The molecule has 0 bridgehead atoms. The van der Waals surface area contributed by atoms with Crippen LogP contribution in [0.2, 0.25) is 0 Å². The van der Waals surface area contributed by atoms with Gasteiger partial charge in [0.05, 0.1) is 0 Å². The van der Waals surface area contributed by atoms with Gasteiger partial charge in [0.1, 0.15) is 6.61 Å². The molecule has 1 nitrogen and oxygen atoms in total. The fraction of sp³-hybridized carbons (Fsp3) is 0.571. The normalized spacial score (nSPS) is 8.94. The Morgan fingerprint density at radius 2 is 1.67 bits per heavy atom. The van der Waals surface area contributed by atoms with Crippen molar-refractivity contribution in [1.82, 2.24) is 0 Å². The number of ether oxygens (including phenoxy) is 1. The molecule has 0 saturated heterocycles. The van der Waals surface area contributed by atoms with E-state index in [1.807, 2.05) is 13.8 Å². The van der Waals surface area contributed by atoms with Crippen LogP contribution in [-0.2, 0) is 0 Å². The van der Waals surface area contributed by atoms with Crippen LogP contribution in [0.25, 0.3) is 0 Å². The smallest absolute Gasteiger partial charge is 0.272 e. The molecule has 0 unspecified atom stereocenters. The lowest BCUT2D eigenvalue weighted by atomic mass is 10.2. The molecule has 0 radical (unpaired) electrons. The quantitative estimate of drug-likeness (QED) is 0.727. The molecule has 0 atom stereocenters. The van der Waals surface area contributed by atoms with Crippen molar-refractivity contribution in [2.24, 2.45) is 0 Å². The summed E-state index contributed by atoms with van der Waals surface area (Å²) < 4.78 is 40.8. The summed E-state index contributed by atoms with van der Waals surface area (Å²) in [6.45, 7) is 9.18. The highest BCUT2D eigenvalue weighted by atomic mass is 19.3. The molecule has 0 heterocycles. The Kier molecular flexibility index (Phi) is 13.1. The molecule has 1 rings (SSSR count). The van der Waals surface area contributed by atoms with E-state index in [9.17, 15) is 13.2 Å². The van der Waals surface area contributed by atoms with E-state index in [0.29, 0.717) is 0 Å². The highest BCUT2D eigenvalue weighted by Crippen LogP contribution is 2.18. The van der Waals surface area contributed by atoms with Gasteiger partial charge in [-0.25, -0.2) is 13.2 Å². The van der Waals surface area contributed by atoms with Gasteiger partial charge in [0.2, 0.25) is 0 Å². The lowest BCUT2D eigenvalue weighted by Crippen LogP contribution is -2.07. The maximum Gasteiger partial charge on any atom is 0.272 e. The van der Waals surface area contributed by atoms with Crippen molar-refractivity contribution in [1.29, 1.82) is 0 Å². The molecule has 106 valence electrons. The van der Waals surface area contributed by atoms with Gasteiger partial charge in [-0.2, -0.15) is 0 Å². The largest absolute Gasteiger partial charge is 0.485 e. The molecule has 1 aromatic rings. The monoisotopic (exact) mass is 264 g/mol. The Bertz CT molecular complexity index is 301. The molecule has 0 fully saturated rings. The summed E-state index contributed by atoms with van der Waals surface area (Å²) in [5.74, 6) is -0.744. The van der Waals surface area contributed by atoms with Crippen LogP contribution < -0.4 is 4.74 Å². The Morgan fingerprint density at radius 3 is 2.06 bits per heavy atom. The van der Waals surface area contributed by atoms with Crippen molar-refractivity contribution < 1.29 is 17.9 Å². The number of hydrogen-bond donors (Lipinski definition) is 0. The Hall–Kier alpha value is -1.19. The standard InChI is InChI=1S/C9H9F3O.C3H8.C2H6/c1-6-2-3-8(7(10)4-6)13-5-9(11)12;1-3-2;1-2/h2-4,9H,5H2,1H3;3H2,1-2H3;1-2H3. The summed E-state index contributed by atoms with van der Waals surface area (Å²) in [6, 6.07) is 4.18. The molecular formula is C14H23F3O. The molecule has 0 spiro atoms. The number of halogens is 3. The minimum atomic E-state index is -2.58. The maximum absolute atomic E-state index is 12.9. The first-order chi connectivity index (χ1) is 8.51. The minimum Gasteiger partial charge on any atom is -0.485 e. The number of aryl methyl sites for hydroxylation is 1. The second-order valence-electron chi connectivity index (χ2n) is 3.34. The van der Waals surface area contributed by atoms with E-state index in [4.69, 9.17) is 0 Å². The van der Waals surface area contributed by atoms with Crippen molar-refractivity contribution in [2.45, 2.75) is 47.5 Å². The molecule has 0 aromatic heterocycles. The first-order valence-corrected chi connectivity index (χ1v) is 6.18. The molecule has 0 aliphatic carbocycles. The van der Waals surface area contributed by atoms with Crippen LogP contribution in [0.5, 0.6) is 5.75 Å². The van der Waals surface area contributed by atoms with Crippen molar-refractivity contribution >= 4 is 0 Å². The summed E-state index contributed by atoms with van der Waals surface area (Å²) in [5.41, 5.74) is 0.724. The molecule has 0 aliphatic heterocycles. The fourth-order valence-corrected chi connectivity index (χ4v) is 0.876. The fourth-order valence-electron chi connectivity index (χ4n) is 0.876. The zero-order valence-corrected chi connectivity index (χ0v) is 11.8. The van der Waals surface area contributed by atoms with Gasteiger partial charge in [0, 0.05) is 0 Å². The number of hydrogen-bond acceptors (Lipinski definition) is 1. The van der Waals surface area contributed by atoms with Crippen molar-refractivity contribution in [3.63, 3.8) is 0 Å². The van der Waals surface area contributed by atoms with Crippen LogP contribution in [0.15, 0.2) is 18.2 Å². The molecule has 18 heavy (non-hydrogen) atoms. The Labute approximate surface area is 108 Å². The van der Waals surface area contributed by atoms with Gasteiger partial charge < -0.3 is 4.74 Å². The van der Waals surface area contributed by atoms with E-state index >= 15 is 0 Å². The summed E-state index contributed by atoms with van der Waals surface area (Å²) in [5, 5.41) is 0. The topological polar surface area (TPSA) is 9.23 Å². The Morgan fingerprint density at radius 1 is 1.17 bits per heavy atom. The number of rotatable bonds is 3. The van der Waals surface area contributed by atoms with Crippen molar-refractivity contribution in [2.75, 3.05) is 6.61 Å². The van der Waals surface area contributed by atoms with Crippen LogP contribution in [0.1, 0.15) is 39.7 Å². The Balaban J connectivity index is 0. The second-order valence-corrected chi connectivity index (χ2v) is 3.34. The van der Waals surface area contributed by atoms with E-state index in [-0.39, 0.29) is 5.75 Å². The summed E-state index contributed by atoms with van der Waals surface area (Å²) in [7, 11) is 0. The van der Waals surface area contributed by atoms with E-state index in [0.717, 1.165) is 5.56 Å². The van der Waals surface area contributed by atoms with Crippen LogP contribution in [0.3, 0.4) is 0 Å². The third-order valence-electron chi connectivity index (χ3n) is 1.45. The average molecular weight is 264 g/mol. The van der Waals surface area contributed by atoms with Gasteiger partial charge in [-0.05, 0) is 24.6 Å². The predicted octanol–water partition coefficient (Wildman–Crippen LogP) is 5.22. The highest BCUT2D eigenvalue weighted by molar-refractivity contribution is 5.28. The third kappa shape index (κ3) is 10.00. The maximum atomic E-state index is 12.9. The second kappa shape index (κ2) is 12.3. The van der Waals surface area contributed by atoms with Crippen LogP contribution in [0, 0.1) is 12.7 Å². The zero-order chi connectivity index (χ0) is 14.6. The average Bonchev–Trinajstić information content (AvgIpc) is 2.31. The highest BCUT2D eigenvalue weighted by Gasteiger charge is 2.07. The molecular weight excluding hydrogens is 241 g/mol. The first-order valence-electron chi connectivity index (χ1n) is 6.18. The van der Waals surface area contributed by atoms with Gasteiger partial charge in [0.25, 0.3) is 6.43 Å². The van der Waals surface area contributed by atoms with E-state index in [1.165, 1.54) is 18.6 Å². The minimum absolute atomic E-state index is 0.133. The van der Waals surface area contributed by atoms with Crippen LogP contribution in [0.4, 0.5) is 13.2 Å². The van der Waals surface area contributed by atoms with E-state index < -0.39 is 18.8 Å². The third-order valence-corrected chi connectivity index (χ3v) is 1.45. The van der Waals surface area contributed by atoms with Crippen molar-refractivity contribution in [3.05, 3.63) is 29.6 Å². The first kappa shape index (κ1) is 19.2. The molecule has 0 amide bonds. The number of alkyl halides is 2. The lowest BCUT2D eigenvalue weighted by molar-refractivity contribution is 0.0799. The summed E-state index contributed by atoms with van der Waals surface area (Å²) in [6.07, 6.45) is -1.33. The lowest BCUT2D eigenvalue weighted by Gasteiger charge is -2.06. The molecule has 1 aromatic carbocycles. The van der Waals surface area contributed by atoms with E-state index in [1.54, 1.807) is 13.0 Å². The predicted molar refractivity (Wildman–Crippen MR) is 69.9 cm³/mol.